The van der Waals surface area contributed by atoms with Gasteiger partial charge in [0.15, 0.2) is 0 Å². The number of alkyl halides is 3. The minimum absolute atomic E-state index is 0.0363. The third-order valence-corrected chi connectivity index (χ3v) is 6.52. The molecule has 0 aliphatic heterocycles. The van der Waals surface area contributed by atoms with Gasteiger partial charge in [0.05, 0.1) is 35.3 Å². The summed E-state index contributed by atoms with van der Waals surface area (Å²) in [5, 5.41) is 6.34. The molecule has 0 bridgehead atoms. The van der Waals surface area contributed by atoms with Gasteiger partial charge in [0.2, 0.25) is 0 Å². The lowest BCUT2D eigenvalue weighted by atomic mass is 10.0. The van der Waals surface area contributed by atoms with Gasteiger partial charge in [0, 0.05) is 29.6 Å². The standard InChI is InChI=1S/C24H20F3N5OS/c1-31(14-16-5-4-12-34-16)22(33)18-13-29-32(21(18)15-8-9-15)23-28-11-10-20(30-23)17-6-2-3-7-19(17)24(25,26)27/h2-7,10-13,15H,8-9,14H2,1H3. The molecule has 174 valence electrons. The molecule has 1 aliphatic carbocycles. The van der Waals surface area contributed by atoms with Crippen LogP contribution in [-0.4, -0.2) is 37.6 Å². The molecule has 3 heterocycles. The Hall–Kier alpha value is -3.53. The van der Waals surface area contributed by atoms with Crippen LogP contribution in [-0.2, 0) is 12.7 Å². The monoisotopic (exact) mass is 483 g/mol. The second-order valence-corrected chi connectivity index (χ2v) is 9.19. The summed E-state index contributed by atoms with van der Waals surface area (Å²) >= 11 is 1.58. The second kappa shape index (κ2) is 8.68. The van der Waals surface area contributed by atoms with Gasteiger partial charge in [-0.15, -0.1) is 11.3 Å². The van der Waals surface area contributed by atoms with Gasteiger partial charge in [-0.1, -0.05) is 24.3 Å². The van der Waals surface area contributed by atoms with Crippen molar-refractivity contribution in [3.8, 4) is 17.2 Å². The van der Waals surface area contributed by atoms with E-state index in [0.29, 0.717) is 17.8 Å². The van der Waals surface area contributed by atoms with Crippen LogP contribution in [0.1, 0.15) is 45.3 Å². The average Bonchev–Trinajstić information content (AvgIpc) is 3.35. The first-order chi connectivity index (χ1) is 16.3. The zero-order chi connectivity index (χ0) is 23.9. The molecule has 4 aromatic rings. The Morgan fingerprint density at radius 1 is 1.18 bits per heavy atom. The fourth-order valence-electron chi connectivity index (χ4n) is 3.90. The third kappa shape index (κ3) is 4.33. The number of hydrogen-bond donors (Lipinski definition) is 0. The number of rotatable bonds is 6. The molecule has 10 heteroatoms. The molecule has 0 atom stereocenters. The van der Waals surface area contributed by atoms with Crippen molar-refractivity contribution in [1.82, 2.24) is 24.6 Å². The van der Waals surface area contributed by atoms with E-state index >= 15 is 0 Å². The maximum absolute atomic E-state index is 13.5. The van der Waals surface area contributed by atoms with E-state index in [-0.39, 0.29) is 29.0 Å². The largest absolute Gasteiger partial charge is 0.417 e. The second-order valence-electron chi connectivity index (χ2n) is 8.16. The zero-order valence-electron chi connectivity index (χ0n) is 18.2. The Bertz CT molecular complexity index is 1330. The predicted molar refractivity (Wildman–Crippen MR) is 122 cm³/mol. The lowest BCUT2D eigenvalue weighted by molar-refractivity contribution is -0.137. The summed E-state index contributed by atoms with van der Waals surface area (Å²) in [5.74, 6) is 0.0998. The van der Waals surface area contributed by atoms with E-state index in [4.69, 9.17) is 0 Å². The lowest BCUT2D eigenvalue weighted by Gasteiger charge is -2.17. The van der Waals surface area contributed by atoms with Crippen LogP contribution in [0.15, 0.2) is 60.2 Å². The van der Waals surface area contributed by atoms with Crippen LogP contribution >= 0.6 is 11.3 Å². The van der Waals surface area contributed by atoms with Crippen molar-refractivity contribution < 1.29 is 18.0 Å². The molecule has 6 nitrogen and oxygen atoms in total. The highest BCUT2D eigenvalue weighted by molar-refractivity contribution is 7.09. The maximum atomic E-state index is 13.5. The minimum atomic E-state index is -4.51. The van der Waals surface area contributed by atoms with E-state index in [1.165, 1.54) is 41.3 Å². The van der Waals surface area contributed by atoms with Crippen molar-refractivity contribution in [3.63, 3.8) is 0 Å². The predicted octanol–water partition coefficient (Wildman–Crippen LogP) is 5.56. The molecule has 1 amide bonds. The van der Waals surface area contributed by atoms with E-state index < -0.39 is 11.7 Å². The average molecular weight is 484 g/mol. The van der Waals surface area contributed by atoms with Crippen molar-refractivity contribution in [2.45, 2.75) is 31.5 Å². The summed E-state index contributed by atoms with van der Waals surface area (Å²) in [7, 11) is 1.74. The maximum Gasteiger partial charge on any atom is 0.417 e. The van der Waals surface area contributed by atoms with Gasteiger partial charge in [-0.25, -0.2) is 14.6 Å². The van der Waals surface area contributed by atoms with Crippen LogP contribution < -0.4 is 0 Å². The van der Waals surface area contributed by atoms with Gasteiger partial charge >= 0.3 is 6.18 Å². The van der Waals surface area contributed by atoms with Crippen molar-refractivity contribution in [1.29, 1.82) is 0 Å². The van der Waals surface area contributed by atoms with E-state index in [0.717, 1.165) is 23.8 Å². The normalized spacial score (nSPS) is 13.8. The number of benzene rings is 1. The molecule has 34 heavy (non-hydrogen) atoms. The summed E-state index contributed by atoms with van der Waals surface area (Å²) < 4.78 is 42.1. The van der Waals surface area contributed by atoms with Crippen molar-refractivity contribution in [2.75, 3.05) is 7.05 Å². The smallest absolute Gasteiger partial charge is 0.336 e. The molecule has 3 aromatic heterocycles. The fraction of sp³-hybridized carbons (Fsp3) is 0.250. The fourth-order valence-corrected chi connectivity index (χ4v) is 4.66. The van der Waals surface area contributed by atoms with Crippen molar-refractivity contribution >= 4 is 17.2 Å². The number of nitrogens with zero attached hydrogens (tertiary/aromatic N) is 5. The van der Waals surface area contributed by atoms with Crippen LogP contribution in [0, 0.1) is 0 Å². The van der Waals surface area contributed by atoms with Gasteiger partial charge in [-0.05, 0) is 36.4 Å². The Morgan fingerprint density at radius 2 is 1.97 bits per heavy atom. The molecule has 0 N–H and O–H groups in total. The van der Waals surface area contributed by atoms with E-state index in [9.17, 15) is 18.0 Å². The Kier molecular flexibility index (Phi) is 5.68. The summed E-state index contributed by atoms with van der Waals surface area (Å²) in [6, 6.07) is 10.6. The van der Waals surface area contributed by atoms with Gasteiger partial charge in [0.25, 0.3) is 11.9 Å². The van der Waals surface area contributed by atoms with E-state index in [1.54, 1.807) is 23.3 Å². The highest BCUT2D eigenvalue weighted by Crippen LogP contribution is 2.43. The van der Waals surface area contributed by atoms with Crippen LogP contribution in [0.4, 0.5) is 13.2 Å². The SMILES string of the molecule is CN(Cc1cccs1)C(=O)c1cnn(-c2nccc(-c3ccccc3C(F)(F)F)n2)c1C1CC1. The molecule has 1 saturated carbocycles. The Balaban J connectivity index is 1.52. The number of carbonyl (C=O) groups excluding carboxylic acids is 1. The third-order valence-electron chi connectivity index (χ3n) is 5.66. The van der Waals surface area contributed by atoms with Gasteiger partial charge < -0.3 is 4.90 Å². The molecule has 0 unspecified atom stereocenters. The molecule has 1 aromatic carbocycles. The van der Waals surface area contributed by atoms with Crippen molar-refractivity contribution in [3.05, 3.63) is 81.9 Å². The summed E-state index contributed by atoms with van der Waals surface area (Å²) in [5.41, 5.74) is 0.493. The molecule has 5 rings (SSSR count). The number of halogens is 3. The van der Waals surface area contributed by atoms with E-state index in [2.05, 4.69) is 15.1 Å². The van der Waals surface area contributed by atoms with Gasteiger partial charge in [-0.2, -0.15) is 18.3 Å². The molecular weight excluding hydrogens is 463 g/mol. The first kappa shape index (κ1) is 22.3. The molecule has 0 spiro atoms. The van der Waals surface area contributed by atoms with Crippen LogP contribution in [0.2, 0.25) is 0 Å². The van der Waals surface area contributed by atoms with Crippen LogP contribution in [0.5, 0.6) is 0 Å². The van der Waals surface area contributed by atoms with Gasteiger partial charge in [0.1, 0.15) is 0 Å². The van der Waals surface area contributed by atoms with E-state index in [1.807, 2.05) is 17.5 Å². The molecule has 1 aliphatic rings. The molecule has 0 saturated heterocycles. The highest BCUT2D eigenvalue weighted by Gasteiger charge is 2.35. The number of carbonyl (C=O) groups is 1. The number of amides is 1. The summed E-state index contributed by atoms with van der Waals surface area (Å²) in [6.45, 7) is 0.478. The Morgan fingerprint density at radius 3 is 2.68 bits per heavy atom. The van der Waals surface area contributed by atoms with Gasteiger partial charge in [-0.3, -0.25) is 4.79 Å². The first-order valence-corrected chi connectivity index (χ1v) is 11.6. The van der Waals surface area contributed by atoms with Crippen LogP contribution in [0.25, 0.3) is 17.2 Å². The lowest BCUT2D eigenvalue weighted by Crippen LogP contribution is -2.26. The Labute approximate surface area is 197 Å². The molecule has 0 radical (unpaired) electrons. The number of aromatic nitrogens is 4. The first-order valence-electron chi connectivity index (χ1n) is 10.7. The number of hydrogen-bond acceptors (Lipinski definition) is 5. The summed E-state index contributed by atoms with van der Waals surface area (Å²) in [4.78, 5) is 24.6. The molecular formula is C24H20F3N5OS. The highest BCUT2D eigenvalue weighted by atomic mass is 32.1. The molecule has 1 fully saturated rings. The minimum Gasteiger partial charge on any atom is -0.336 e. The van der Waals surface area contributed by atoms with Crippen LogP contribution in [0.3, 0.4) is 0 Å². The zero-order valence-corrected chi connectivity index (χ0v) is 19.0. The quantitative estimate of drug-likeness (QED) is 0.360. The topological polar surface area (TPSA) is 63.9 Å². The number of thiophene rings is 1. The van der Waals surface area contributed by atoms with Crippen molar-refractivity contribution in [2.24, 2.45) is 0 Å². The summed E-state index contributed by atoms with van der Waals surface area (Å²) in [6.07, 6.45) is 0.196.